The maximum absolute atomic E-state index is 13.5. The van der Waals surface area contributed by atoms with Gasteiger partial charge in [-0.1, -0.05) is 119 Å². The average Bonchev–Trinajstić information content (AvgIpc) is 1.59. The summed E-state index contributed by atoms with van der Waals surface area (Å²) in [4.78, 5) is 64.3. The van der Waals surface area contributed by atoms with Crippen LogP contribution in [0.2, 0.25) is 25.1 Å². The maximum Gasteiger partial charge on any atom is 0.416 e. The highest BCUT2D eigenvalue weighted by molar-refractivity contribution is 6.32. The molecule has 0 aliphatic carbocycles. The number of unbranched alkanes of at least 4 members (excludes halogenated alkanes) is 6. The van der Waals surface area contributed by atoms with Crippen molar-refractivity contribution in [3.8, 4) is 34.5 Å². The van der Waals surface area contributed by atoms with Crippen LogP contribution in [0.4, 0.5) is 18.8 Å². The molecule has 0 spiro atoms. The number of carbonyl (C=O) groups excluding carboxylic acids is 3. The van der Waals surface area contributed by atoms with Crippen molar-refractivity contribution in [1.29, 1.82) is 0 Å². The van der Waals surface area contributed by atoms with Gasteiger partial charge in [-0.3, -0.25) is 19.4 Å². The first kappa shape index (κ1) is 83.3. The van der Waals surface area contributed by atoms with Crippen molar-refractivity contribution >= 4 is 109 Å². The summed E-state index contributed by atoms with van der Waals surface area (Å²) in [5.41, 5.74) is 12.0. The van der Waals surface area contributed by atoms with E-state index in [4.69, 9.17) is 86.4 Å². The van der Waals surface area contributed by atoms with Crippen molar-refractivity contribution in [3.05, 3.63) is 325 Å². The number of aromatic amines is 3. The molecule has 18 rings (SSSR count). The number of benzene rings is 9. The van der Waals surface area contributed by atoms with Crippen LogP contribution in [0.5, 0.6) is 34.5 Å². The topological polar surface area (TPSA) is 243 Å². The van der Waals surface area contributed by atoms with E-state index in [2.05, 4.69) is 44.9 Å². The molecule has 9 aromatic carbocycles. The van der Waals surface area contributed by atoms with E-state index in [0.717, 1.165) is 154 Å². The van der Waals surface area contributed by atoms with Crippen LogP contribution in [0.3, 0.4) is 0 Å². The van der Waals surface area contributed by atoms with Gasteiger partial charge in [0.05, 0.1) is 32.3 Å². The molecule has 3 unspecified atom stereocenters. The van der Waals surface area contributed by atoms with Crippen LogP contribution in [0.1, 0.15) is 120 Å². The van der Waals surface area contributed by atoms with Gasteiger partial charge < -0.3 is 47.9 Å². The van der Waals surface area contributed by atoms with Crippen molar-refractivity contribution in [2.45, 2.75) is 108 Å². The first-order chi connectivity index (χ1) is 59.6. The molecule has 23 nitrogen and oxygen atoms in total. The molecule has 3 amide bonds. The molecular weight excluding hydrogens is 1650 g/mol. The molecule has 624 valence electrons. The Bertz CT molecular complexity index is 5760. The van der Waals surface area contributed by atoms with Gasteiger partial charge in [-0.2, -0.15) is 5.10 Å². The summed E-state index contributed by atoms with van der Waals surface area (Å²) in [6, 6.07) is 58.9. The molecule has 29 heteroatoms. The van der Waals surface area contributed by atoms with Crippen LogP contribution < -0.4 is 28.4 Å². The predicted molar refractivity (Wildman–Crippen MR) is 469 cm³/mol. The predicted octanol–water partition coefficient (Wildman–Crippen LogP) is 22.1. The van der Waals surface area contributed by atoms with Gasteiger partial charge in [0.15, 0.2) is 0 Å². The largest absolute Gasteiger partial charge is 0.494 e. The summed E-state index contributed by atoms with van der Waals surface area (Å²) in [5.74, 6) is 3.09. The number of aryl methyl sites for hydroxylation is 2. The van der Waals surface area contributed by atoms with Gasteiger partial charge in [0.1, 0.15) is 77.7 Å². The van der Waals surface area contributed by atoms with E-state index in [1.54, 1.807) is 93.0 Å². The highest BCUT2D eigenvalue weighted by Crippen LogP contribution is 2.44. The lowest BCUT2D eigenvalue weighted by Crippen LogP contribution is -2.42. The summed E-state index contributed by atoms with van der Waals surface area (Å²) >= 11 is 31.0. The van der Waals surface area contributed by atoms with Gasteiger partial charge in [0, 0.05) is 126 Å². The number of hydrogen-bond donors (Lipinski definition) is 3. The lowest BCUT2D eigenvalue weighted by molar-refractivity contribution is 0.134. The van der Waals surface area contributed by atoms with E-state index >= 15 is 0 Å². The lowest BCUT2D eigenvalue weighted by atomic mass is 9.92. The molecule has 9 heterocycles. The number of rotatable bonds is 26. The average molecular weight is 1740 g/mol. The lowest BCUT2D eigenvalue weighted by Gasteiger charge is -2.35. The second kappa shape index (κ2) is 39.5. The number of carbonyl (C=O) groups is 3. The molecule has 15 aromatic rings. The van der Waals surface area contributed by atoms with Crippen LogP contribution in [0.15, 0.2) is 244 Å². The van der Waals surface area contributed by atoms with Gasteiger partial charge >= 0.3 is 18.3 Å². The Morgan fingerprint density at radius 1 is 0.385 bits per heavy atom. The Morgan fingerprint density at radius 3 is 1.16 bits per heavy atom. The molecule has 3 atom stereocenters. The minimum absolute atomic E-state index is 0.278. The monoisotopic (exact) mass is 1740 g/mol. The van der Waals surface area contributed by atoms with Crippen molar-refractivity contribution in [3.63, 3.8) is 0 Å². The van der Waals surface area contributed by atoms with Gasteiger partial charge in [-0.25, -0.2) is 33.4 Å². The normalized spacial score (nSPS) is 14.7. The molecule has 0 saturated carbocycles. The number of amides is 3. The SMILES string of the molecule is O=C(Oc1ccc(Cl)cc1)N1CCc2c([nH]c3ccc(Cl)cc23)C1c1ccc(OCCCCCCn2ccnc2)cc1.O=C(Oc1ccc(Cl)cc1)N1CCc2c([nH]c3ccc(Cl)cc23)C1c1ccc(OCCCCCCn2cncn2)cc1.O=C(Oc1ccc(F)cc1)N1CCc2c([nH]c3ccc(Cl)cc23)C1c1ccc(OCCn2ccnn2)cc1. The van der Waals surface area contributed by atoms with E-state index in [9.17, 15) is 18.8 Å². The Hall–Kier alpha value is -12.3. The van der Waals surface area contributed by atoms with Gasteiger partial charge in [0.25, 0.3) is 0 Å². The zero-order valence-corrected chi connectivity index (χ0v) is 70.1. The molecule has 122 heavy (non-hydrogen) atoms. The fourth-order valence-electron chi connectivity index (χ4n) is 15.9. The number of imidazole rings is 1. The third-order valence-corrected chi connectivity index (χ3v) is 23.0. The van der Waals surface area contributed by atoms with Gasteiger partial charge in [0.2, 0.25) is 0 Å². The number of aromatic nitrogens is 11. The van der Waals surface area contributed by atoms with E-state index in [-0.39, 0.29) is 17.8 Å². The number of nitrogens with one attached hydrogen (secondary N) is 3. The Labute approximate surface area is 728 Å². The highest BCUT2D eigenvalue weighted by Gasteiger charge is 2.39. The molecule has 0 fully saturated rings. The molecule has 6 aromatic heterocycles. The third kappa shape index (κ3) is 20.5. The van der Waals surface area contributed by atoms with Crippen molar-refractivity contribution in [2.75, 3.05) is 39.5 Å². The number of ether oxygens (including phenoxy) is 6. The maximum atomic E-state index is 13.5. The summed E-state index contributed by atoms with van der Waals surface area (Å²) in [6.07, 6.45) is 21.7. The van der Waals surface area contributed by atoms with Crippen LogP contribution in [0, 0.1) is 5.82 Å². The highest BCUT2D eigenvalue weighted by atomic mass is 35.5. The van der Waals surface area contributed by atoms with E-state index < -0.39 is 30.1 Å². The molecule has 3 N–H and O–H groups in total. The van der Waals surface area contributed by atoms with E-state index in [0.29, 0.717) is 108 Å². The van der Waals surface area contributed by atoms with Crippen molar-refractivity contribution < 1.29 is 47.2 Å². The minimum atomic E-state index is -0.517. The molecule has 3 aliphatic rings. The first-order valence-electron chi connectivity index (χ1n) is 40.6. The first-order valence-corrected chi connectivity index (χ1v) is 42.5. The minimum Gasteiger partial charge on any atom is -0.494 e. The van der Waals surface area contributed by atoms with E-state index in [1.807, 2.05) is 151 Å². The van der Waals surface area contributed by atoms with E-state index in [1.165, 1.54) is 29.8 Å². The molecular formula is C93H86Cl5FN14O9. The van der Waals surface area contributed by atoms with Crippen LogP contribution in [0.25, 0.3) is 32.7 Å². The summed E-state index contributed by atoms with van der Waals surface area (Å²) in [6.45, 7) is 5.66. The zero-order chi connectivity index (χ0) is 83.8. The smallest absolute Gasteiger partial charge is 0.416 e. The number of nitrogens with zero attached hydrogens (tertiary/aromatic N) is 11. The van der Waals surface area contributed by atoms with Crippen LogP contribution >= 0.6 is 58.0 Å². The zero-order valence-electron chi connectivity index (χ0n) is 66.3. The quantitative estimate of drug-likeness (QED) is 0.0427. The van der Waals surface area contributed by atoms with Crippen LogP contribution in [-0.4, -0.2) is 127 Å². The number of fused-ring (bicyclic) bond motifs is 9. The third-order valence-electron chi connectivity index (χ3n) is 21.8. The Balaban J connectivity index is 0.000000136. The second-order valence-electron chi connectivity index (χ2n) is 29.8. The second-order valence-corrected chi connectivity index (χ2v) is 32.0. The number of hydrogen-bond acceptors (Lipinski definition) is 14. The number of H-pyrrole nitrogens is 3. The summed E-state index contributed by atoms with van der Waals surface area (Å²) in [5, 5.41) is 18.2. The standard InChI is InChI=1S/C33H32Cl2N4O3.C32H31Cl2N5O3.C28H23ClFN5O3/c34-24-7-12-27(13-8-24)42-33(40)39-18-15-28-29-21-25(35)9-14-30(29)37-31(28)32(39)23-5-10-26(11-6-23)41-20-4-2-1-3-17-38-19-16-36-22-38;33-23-7-12-26(13-8-23)42-32(40)39-17-15-27-28-19-24(34)9-14-29(28)37-30(27)31(39)22-5-10-25(11-6-22)41-18-4-2-1-3-16-38-21-35-20-36-38;29-19-3-10-25-24(17-19)23-11-13-35(28(36)38-22-8-4-20(30)5-9-22)27(26(23)32-25)18-1-6-21(7-2-18)37-16-15-34-14-12-31-33-34/h5-14,16,19,21-22,32,37H,1-4,15,17-18,20H2;5-14,19-21,31,37H,1-4,15-18H2;1-10,12,14,17,27,32H,11,13,15-16H2. The number of halogens is 6. The van der Waals surface area contributed by atoms with Crippen molar-refractivity contribution in [1.82, 2.24) is 69.0 Å². The van der Waals surface area contributed by atoms with Gasteiger partial charge in [-0.05, 0) is 249 Å². The molecule has 0 radical (unpaired) electrons. The molecule has 3 aliphatic heterocycles. The fraction of sp³-hybridized carbons (Fsp3) is 0.247. The molecule has 0 saturated heterocycles. The molecule has 0 bridgehead atoms. The Kier molecular flexibility index (Phi) is 27.0. The van der Waals surface area contributed by atoms with Crippen molar-refractivity contribution in [2.24, 2.45) is 0 Å². The summed E-state index contributed by atoms with van der Waals surface area (Å²) < 4.78 is 54.1. The summed E-state index contributed by atoms with van der Waals surface area (Å²) in [7, 11) is 0. The van der Waals surface area contributed by atoms with Gasteiger partial charge in [-0.15, -0.1) is 5.10 Å². The Morgan fingerprint density at radius 2 is 0.770 bits per heavy atom. The fourth-order valence-corrected chi connectivity index (χ4v) is 16.6. The van der Waals surface area contributed by atoms with Crippen LogP contribution in [-0.2, 0) is 38.9 Å².